The number of hydrogen-bond donors (Lipinski definition) is 1. The highest BCUT2D eigenvalue weighted by Crippen LogP contribution is 2.24. The SMILES string of the molecule is Cc1cccc(C(=O)NCCCc2nc3ccccc3n2CCOc2ccc(C(C)(C)C)cc2)c1. The van der Waals surface area contributed by atoms with Gasteiger partial charge in [0, 0.05) is 18.5 Å². The Morgan fingerprint density at radius 3 is 2.51 bits per heavy atom. The lowest BCUT2D eigenvalue weighted by Gasteiger charge is -2.19. The Balaban J connectivity index is 1.35. The Kier molecular flexibility index (Phi) is 7.54. The predicted molar refractivity (Wildman–Crippen MR) is 142 cm³/mol. The van der Waals surface area contributed by atoms with Crippen LogP contribution in [-0.4, -0.2) is 28.6 Å². The number of hydrogen-bond acceptors (Lipinski definition) is 3. The molecule has 5 nitrogen and oxygen atoms in total. The minimum absolute atomic E-state index is 0.0342. The maximum atomic E-state index is 12.4. The Bertz CT molecular complexity index is 1280. The van der Waals surface area contributed by atoms with E-state index in [-0.39, 0.29) is 11.3 Å². The molecule has 4 aromatic rings. The standard InChI is InChI=1S/C30H35N3O2/c1-22-9-7-10-23(21-22)29(34)31-18-8-13-28-32-26-11-5-6-12-27(26)33(28)19-20-35-25-16-14-24(15-17-25)30(2,3)4/h5-7,9-12,14-17,21H,8,13,18-20H2,1-4H3,(H,31,34). The van der Waals surface area contributed by atoms with E-state index in [0.717, 1.165) is 41.0 Å². The summed E-state index contributed by atoms with van der Waals surface area (Å²) in [6.45, 7) is 10.5. The van der Waals surface area contributed by atoms with Crippen molar-refractivity contribution in [2.45, 2.75) is 52.5 Å². The second-order valence-corrected chi connectivity index (χ2v) is 10.0. The number of aryl methyl sites for hydroxylation is 2. The quantitative estimate of drug-likeness (QED) is 0.302. The van der Waals surface area contributed by atoms with Gasteiger partial charge in [-0.15, -0.1) is 0 Å². The molecule has 0 radical (unpaired) electrons. The molecular formula is C30H35N3O2. The molecule has 0 spiro atoms. The van der Waals surface area contributed by atoms with Gasteiger partial charge in [0.1, 0.15) is 18.2 Å². The number of rotatable bonds is 9. The minimum atomic E-state index is -0.0342. The Morgan fingerprint density at radius 2 is 1.77 bits per heavy atom. The van der Waals surface area contributed by atoms with Crippen LogP contribution in [0.25, 0.3) is 11.0 Å². The Morgan fingerprint density at radius 1 is 1.00 bits per heavy atom. The molecule has 5 heteroatoms. The number of benzene rings is 3. The number of imidazole rings is 1. The molecule has 0 bridgehead atoms. The first kappa shape index (κ1) is 24.5. The van der Waals surface area contributed by atoms with E-state index in [1.54, 1.807) is 0 Å². The first-order chi connectivity index (χ1) is 16.8. The molecule has 0 saturated heterocycles. The van der Waals surface area contributed by atoms with Gasteiger partial charge in [0.25, 0.3) is 5.91 Å². The topological polar surface area (TPSA) is 56.2 Å². The van der Waals surface area contributed by atoms with E-state index in [2.05, 4.69) is 48.9 Å². The van der Waals surface area contributed by atoms with Crippen LogP contribution in [-0.2, 0) is 18.4 Å². The highest BCUT2D eigenvalue weighted by Gasteiger charge is 2.14. The third-order valence-electron chi connectivity index (χ3n) is 6.18. The summed E-state index contributed by atoms with van der Waals surface area (Å²) in [5.41, 5.74) is 5.30. The van der Waals surface area contributed by atoms with Gasteiger partial charge in [-0.25, -0.2) is 4.98 Å². The van der Waals surface area contributed by atoms with E-state index in [1.165, 1.54) is 5.56 Å². The normalized spacial score (nSPS) is 11.5. The third-order valence-corrected chi connectivity index (χ3v) is 6.18. The van der Waals surface area contributed by atoms with Gasteiger partial charge in [0.15, 0.2) is 0 Å². The molecule has 0 aliphatic heterocycles. The van der Waals surface area contributed by atoms with Crippen molar-refractivity contribution in [1.82, 2.24) is 14.9 Å². The van der Waals surface area contributed by atoms with Crippen molar-refractivity contribution in [3.63, 3.8) is 0 Å². The Labute approximate surface area is 208 Å². The van der Waals surface area contributed by atoms with E-state index in [9.17, 15) is 4.79 Å². The fourth-order valence-corrected chi connectivity index (χ4v) is 4.21. The van der Waals surface area contributed by atoms with E-state index >= 15 is 0 Å². The molecule has 0 fully saturated rings. The zero-order valence-electron chi connectivity index (χ0n) is 21.2. The highest BCUT2D eigenvalue weighted by molar-refractivity contribution is 5.94. The number of aromatic nitrogens is 2. The van der Waals surface area contributed by atoms with Crippen molar-refractivity contribution < 1.29 is 9.53 Å². The van der Waals surface area contributed by atoms with Gasteiger partial charge in [-0.2, -0.15) is 0 Å². The number of amides is 1. The molecule has 1 heterocycles. The zero-order chi connectivity index (χ0) is 24.8. The summed E-state index contributed by atoms with van der Waals surface area (Å²) in [6, 6.07) is 24.2. The van der Waals surface area contributed by atoms with Crippen LogP contribution in [0.2, 0.25) is 0 Å². The van der Waals surface area contributed by atoms with Crippen LogP contribution in [0.15, 0.2) is 72.8 Å². The number of para-hydroxylation sites is 2. The average Bonchev–Trinajstić information content (AvgIpc) is 3.19. The maximum absolute atomic E-state index is 12.4. The molecule has 3 aromatic carbocycles. The summed E-state index contributed by atoms with van der Waals surface area (Å²) in [5, 5.41) is 3.03. The monoisotopic (exact) mass is 469 g/mol. The molecule has 0 unspecified atom stereocenters. The lowest BCUT2D eigenvalue weighted by molar-refractivity contribution is 0.0953. The second kappa shape index (κ2) is 10.8. The number of nitrogens with zero attached hydrogens (tertiary/aromatic N) is 2. The van der Waals surface area contributed by atoms with Crippen molar-refractivity contribution in [2.75, 3.05) is 13.2 Å². The van der Waals surface area contributed by atoms with Gasteiger partial charge in [-0.05, 0) is 60.7 Å². The summed E-state index contributed by atoms with van der Waals surface area (Å²) in [4.78, 5) is 17.3. The predicted octanol–water partition coefficient (Wildman–Crippen LogP) is 6.08. The van der Waals surface area contributed by atoms with Crippen LogP contribution >= 0.6 is 0 Å². The zero-order valence-corrected chi connectivity index (χ0v) is 21.2. The molecular weight excluding hydrogens is 434 g/mol. The molecule has 35 heavy (non-hydrogen) atoms. The van der Waals surface area contributed by atoms with Gasteiger partial charge in [-0.3, -0.25) is 4.79 Å². The van der Waals surface area contributed by atoms with Gasteiger partial charge < -0.3 is 14.6 Å². The van der Waals surface area contributed by atoms with E-state index < -0.39 is 0 Å². The molecule has 4 rings (SSSR count). The average molecular weight is 470 g/mol. The van der Waals surface area contributed by atoms with Crippen LogP contribution in [0.4, 0.5) is 0 Å². The first-order valence-electron chi connectivity index (χ1n) is 12.3. The van der Waals surface area contributed by atoms with Gasteiger partial charge in [0.2, 0.25) is 0 Å². The largest absolute Gasteiger partial charge is 0.492 e. The molecule has 1 N–H and O–H groups in total. The number of ether oxygens (including phenoxy) is 1. The number of carbonyl (C=O) groups excluding carboxylic acids is 1. The minimum Gasteiger partial charge on any atom is -0.492 e. The van der Waals surface area contributed by atoms with Crippen molar-refractivity contribution >= 4 is 16.9 Å². The van der Waals surface area contributed by atoms with Crippen LogP contribution in [0, 0.1) is 6.92 Å². The van der Waals surface area contributed by atoms with Gasteiger partial charge in [-0.1, -0.05) is 62.7 Å². The summed E-state index contributed by atoms with van der Waals surface area (Å²) in [6.07, 6.45) is 1.60. The fraction of sp³-hybridized carbons (Fsp3) is 0.333. The van der Waals surface area contributed by atoms with E-state index in [1.807, 2.05) is 61.5 Å². The third kappa shape index (κ3) is 6.30. The number of nitrogens with one attached hydrogen (secondary N) is 1. The fourth-order valence-electron chi connectivity index (χ4n) is 4.21. The lowest BCUT2D eigenvalue weighted by atomic mass is 9.87. The summed E-state index contributed by atoms with van der Waals surface area (Å²) in [7, 11) is 0. The lowest BCUT2D eigenvalue weighted by Crippen LogP contribution is -2.25. The van der Waals surface area contributed by atoms with Gasteiger partial charge >= 0.3 is 0 Å². The van der Waals surface area contributed by atoms with Crippen LogP contribution in [0.3, 0.4) is 0 Å². The molecule has 0 aliphatic rings. The second-order valence-electron chi connectivity index (χ2n) is 10.0. The molecule has 0 aliphatic carbocycles. The van der Waals surface area contributed by atoms with E-state index in [4.69, 9.17) is 9.72 Å². The first-order valence-corrected chi connectivity index (χ1v) is 12.3. The molecule has 1 aromatic heterocycles. The van der Waals surface area contributed by atoms with Gasteiger partial charge in [0.05, 0.1) is 17.6 Å². The summed E-state index contributed by atoms with van der Waals surface area (Å²) >= 11 is 0. The number of fused-ring (bicyclic) bond motifs is 1. The maximum Gasteiger partial charge on any atom is 0.251 e. The summed E-state index contributed by atoms with van der Waals surface area (Å²) in [5.74, 6) is 1.86. The Hall–Kier alpha value is -3.60. The van der Waals surface area contributed by atoms with Crippen molar-refractivity contribution in [3.8, 4) is 5.75 Å². The molecule has 0 atom stereocenters. The van der Waals surface area contributed by atoms with E-state index in [0.29, 0.717) is 25.3 Å². The smallest absolute Gasteiger partial charge is 0.251 e. The summed E-state index contributed by atoms with van der Waals surface area (Å²) < 4.78 is 8.30. The van der Waals surface area contributed by atoms with Crippen molar-refractivity contribution in [3.05, 3.63) is 95.3 Å². The van der Waals surface area contributed by atoms with Crippen molar-refractivity contribution in [1.29, 1.82) is 0 Å². The van der Waals surface area contributed by atoms with Crippen molar-refractivity contribution in [2.24, 2.45) is 0 Å². The van der Waals surface area contributed by atoms with Crippen LogP contribution in [0.5, 0.6) is 5.75 Å². The molecule has 0 saturated carbocycles. The highest BCUT2D eigenvalue weighted by atomic mass is 16.5. The molecule has 182 valence electrons. The number of carbonyl (C=O) groups is 1. The van der Waals surface area contributed by atoms with Crippen LogP contribution in [0.1, 0.15) is 54.5 Å². The molecule has 1 amide bonds. The van der Waals surface area contributed by atoms with Crippen LogP contribution < -0.4 is 10.1 Å².